The molecular weight excluding hydrogens is 162 g/mol. The first-order chi connectivity index (χ1) is 6.15. The van der Waals surface area contributed by atoms with Crippen molar-refractivity contribution in [1.29, 1.82) is 0 Å². The van der Waals surface area contributed by atoms with E-state index in [1.807, 2.05) is 19.1 Å². The van der Waals surface area contributed by atoms with Crippen molar-refractivity contribution in [2.45, 2.75) is 13.3 Å². The van der Waals surface area contributed by atoms with Crippen molar-refractivity contribution in [3.63, 3.8) is 0 Å². The Morgan fingerprint density at radius 3 is 2.85 bits per heavy atom. The standard InChI is InChI=1S/C11H15NO/c1-8-3-4-11(13)10(7-8)9(2)5-6-12/h3-4,7,13H,2,5-6,12H2,1H3. The predicted molar refractivity (Wildman–Crippen MR) is 55.5 cm³/mol. The molecule has 0 saturated carbocycles. The lowest BCUT2D eigenvalue weighted by molar-refractivity contribution is 0.473. The number of aromatic hydroxyl groups is 1. The van der Waals surface area contributed by atoms with Gasteiger partial charge in [-0.25, -0.2) is 0 Å². The summed E-state index contributed by atoms with van der Waals surface area (Å²) in [6.45, 7) is 6.42. The normalized spacial score (nSPS) is 10.0. The Balaban J connectivity index is 2.99. The van der Waals surface area contributed by atoms with Crippen molar-refractivity contribution in [3.05, 3.63) is 35.9 Å². The summed E-state index contributed by atoms with van der Waals surface area (Å²) >= 11 is 0. The second-order valence-corrected chi connectivity index (χ2v) is 3.16. The Bertz CT molecular complexity index is 318. The molecule has 1 rings (SSSR count). The van der Waals surface area contributed by atoms with Gasteiger partial charge >= 0.3 is 0 Å². The fraction of sp³-hybridized carbons (Fsp3) is 0.273. The minimum Gasteiger partial charge on any atom is -0.507 e. The second-order valence-electron chi connectivity index (χ2n) is 3.16. The van der Waals surface area contributed by atoms with E-state index in [1.54, 1.807) is 6.07 Å². The molecule has 0 atom stereocenters. The van der Waals surface area contributed by atoms with Crippen molar-refractivity contribution in [1.82, 2.24) is 0 Å². The molecule has 0 heterocycles. The Kier molecular flexibility index (Phi) is 3.09. The third-order valence-corrected chi connectivity index (χ3v) is 1.98. The number of hydrogen-bond donors (Lipinski definition) is 2. The van der Waals surface area contributed by atoms with E-state index < -0.39 is 0 Å². The summed E-state index contributed by atoms with van der Waals surface area (Å²) in [5.74, 6) is 0.282. The van der Waals surface area contributed by atoms with Gasteiger partial charge in [0.05, 0.1) is 0 Å². The molecule has 2 heteroatoms. The Morgan fingerprint density at radius 2 is 2.23 bits per heavy atom. The summed E-state index contributed by atoms with van der Waals surface area (Å²) < 4.78 is 0. The molecule has 1 aromatic carbocycles. The van der Waals surface area contributed by atoms with Crippen LogP contribution in [-0.2, 0) is 0 Å². The molecule has 0 fully saturated rings. The molecule has 0 spiro atoms. The number of aryl methyl sites for hydroxylation is 1. The highest BCUT2D eigenvalue weighted by molar-refractivity contribution is 5.69. The quantitative estimate of drug-likeness (QED) is 0.742. The van der Waals surface area contributed by atoms with E-state index in [4.69, 9.17) is 5.73 Å². The van der Waals surface area contributed by atoms with Crippen molar-refractivity contribution in [2.24, 2.45) is 5.73 Å². The SMILES string of the molecule is C=C(CCN)c1cc(C)ccc1O. The minimum atomic E-state index is 0.282. The van der Waals surface area contributed by atoms with E-state index in [9.17, 15) is 5.11 Å². The number of phenols is 1. The highest BCUT2D eigenvalue weighted by Gasteiger charge is 2.04. The summed E-state index contributed by atoms with van der Waals surface area (Å²) in [6, 6.07) is 5.48. The number of benzene rings is 1. The third-order valence-electron chi connectivity index (χ3n) is 1.98. The molecule has 70 valence electrons. The van der Waals surface area contributed by atoms with Crippen molar-refractivity contribution in [3.8, 4) is 5.75 Å². The van der Waals surface area contributed by atoms with Crippen LogP contribution >= 0.6 is 0 Å². The molecule has 0 aliphatic carbocycles. The molecule has 3 N–H and O–H groups in total. The van der Waals surface area contributed by atoms with Gasteiger partial charge in [0.1, 0.15) is 5.75 Å². The van der Waals surface area contributed by atoms with Crippen LogP contribution in [0.2, 0.25) is 0 Å². The van der Waals surface area contributed by atoms with E-state index >= 15 is 0 Å². The highest BCUT2D eigenvalue weighted by Crippen LogP contribution is 2.26. The van der Waals surface area contributed by atoms with Crippen LogP contribution in [0.5, 0.6) is 5.75 Å². The molecule has 1 aromatic rings. The molecule has 0 radical (unpaired) electrons. The maximum absolute atomic E-state index is 9.53. The Morgan fingerprint density at radius 1 is 1.54 bits per heavy atom. The second kappa shape index (κ2) is 4.10. The summed E-state index contributed by atoms with van der Waals surface area (Å²) in [6.07, 6.45) is 0.719. The number of hydrogen-bond acceptors (Lipinski definition) is 2. The Hall–Kier alpha value is -1.28. The van der Waals surface area contributed by atoms with Crippen LogP contribution in [0.15, 0.2) is 24.8 Å². The lowest BCUT2D eigenvalue weighted by Gasteiger charge is -2.07. The molecule has 13 heavy (non-hydrogen) atoms. The van der Waals surface area contributed by atoms with E-state index in [-0.39, 0.29) is 5.75 Å². The first-order valence-electron chi connectivity index (χ1n) is 4.33. The van der Waals surface area contributed by atoms with Crippen LogP contribution in [0.1, 0.15) is 17.5 Å². The fourth-order valence-corrected chi connectivity index (χ4v) is 1.24. The molecule has 0 aliphatic rings. The van der Waals surface area contributed by atoms with Crippen LogP contribution in [0.4, 0.5) is 0 Å². The zero-order valence-corrected chi connectivity index (χ0v) is 7.88. The summed E-state index contributed by atoms with van der Waals surface area (Å²) in [5.41, 5.74) is 8.23. The first-order valence-corrected chi connectivity index (χ1v) is 4.33. The Labute approximate surface area is 78.7 Å². The smallest absolute Gasteiger partial charge is 0.123 e. The van der Waals surface area contributed by atoms with Crippen molar-refractivity contribution in [2.75, 3.05) is 6.54 Å². The third kappa shape index (κ3) is 2.33. The van der Waals surface area contributed by atoms with Crippen molar-refractivity contribution < 1.29 is 5.11 Å². The average molecular weight is 177 g/mol. The molecular formula is C11H15NO. The molecule has 0 aromatic heterocycles. The fourth-order valence-electron chi connectivity index (χ4n) is 1.24. The molecule has 0 amide bonds. The van der Waals surface area contributed by atoms with E-state index in [1.165, 1.54) is 0 Å². The van der Waals surface area contributed by atoms with Gasteiger partial charge in [0.2, 0.25) is 0 Å². The van der Waals surface area contributed by atoms with Gasteiger partial charge in [-0.1, -0.05) is 18.2 Å². The van der Waals surface area contributed by atoms with Gasteiger partial charge < -0.3 is 10.8 Å². The molecule has 2 nitrogen and oxygen atoms in total. The van der Waals surface area contributed by atoms with Gasteiger partial charge in [-0.3, -0.25) is 0 Å². The van der Waals surface area contributed by atoms with Crippen LogP contribution in [-0.4, -0.2) is 11.7 Å². The molecule has 0 unspecified atom stereocenters. The van der Waals surface area contributed by atoms with Gasteiger partial charge in [0.25, 0.3) is 0 Å². The summed E-state index contributed by atoms with van der Waals surface area (Å²) in [5, 5.41) is 9.53. The van der Waals surface area contributed by atoms with Gasteiger partial charge in [-0.05, 0) is 37.6 Å². The highest BCUT2D eigenvalue weighted by atomic mass is 16.3. The minimum absolute atomic E-state index is 0.282. The summed E-state index contributed by atoms with van der Waals surface area (Å²) in [7, 11) is 0. The predicted octanol–water partition coefficient (Wildman–Crippen LogP) is 2.06. The van der Waals surface area contributed by atoms with Crippen LogP contribution in [0.3, 0.4) is 0 Å². The van der Waals surface area contributed by atoms with Gasteiger partial charge in [0.15, 0.2) is 0 Å². The van der Waals surface area contributed by atoms with Gasteiger partial charge in [0, 0.05) is 5.56 Å². The average Bonchev–Trinajstić information content (AvgIpc) is 2.09. The number of rotatable bonds is 3. The van der Waals surface area contributed by atoms with Crippen molar-refractivity contribution >= 4 is 5.57 Å². The maximum Gasteiger partial charge on any atom is 0.123 e. The van der Waals surface area contributed by atoms with E-state index in [0.29, 0.717) is 6.54 Å². The number of nitrogens with two attached hydrogens (primary N) is 1. The van der Waals surface area contributed by atoms with Crippen LogP contribution < -0.4 is 5.73 Å². The zero-order valence-electron chi connectivity index (χ0n) is 7.88. The van der Waals surface area contributed by atoms with Gasteiger partial charge in [-0.15, -0.1) is 0 Å². The summed E-state index contributed by atoms with van der Waals surface area (Å²) in [4.78, 5) is 0. The molecule has 0 aliphatic heterocycles. The topological polar surface area (TPSA) is 46.2 Å². The molecule has 0 saturated heterocycles. The van der Waals surface area contributed by atoms with E-state index in [2.05, 4.69) is 6.58 Å². The first kappa shape index (κ1) is 9.81. The van der Waals surface area contributed by atoms with E-state index in [0.717, 1.165) is 23.1 Å². The monoisotopic (exact) mass is 177 g/mol. The number of phenolic OH excluding ortho intramolecular Hbond substituents is 1. The lowest BCUT2D eigenvalue weighted by atomic mass is 10.0. The largest absolute Gasteiger partial charge is 0.507 e. The van der Waals surface area contributed by atoms with Crippen LogP contribution in [0.25, 0.3) is 5.57 Å². The van der Waals surface area contributed by atoms with Crippen LogP contribution in [0, 0.1) is 6.92 Å². The maximum atomic E-state index is 9.53. The van der Waals surface area contributed by atoms with Gasteiger partial charge in [-0.2, -0.15) is 0 Å². The lowest BCUT2D eigenvalue weighted by Crippen LogP contribution is -1.99. The molecule has 0 bridgehead atoms. The zero-order chi connectivity index (χ0) is 9.84.